The minimum Gasteiger partial charge on any atom is -0.478 e. The maximum atomic E-state index is 13.6. The van der Waals surface area contributed by atoms with Crippen LogP contribution in [0.3, 0.4) is 0 Å². The van der Waals surface area contributed by atoms with Gasteiger partial charge in [0, 0.05) is 24.5 Å². The highest BCUT2D eigenvalue weighted by molar-refractivity contribution is 6.31. The predicted molar refractivity (Wildman–Crippen MR) is 101 cm³/mol. The van der Waals surface area contributed by atoms with E-state index >= 15 is 0 Å². The van der Waals surface area contributed by atoms with Crippen molar-refractivity contribution in [2.75, 3.05) is 24.6 Å². The molecule has 1 aliphatic heterocycles. The molecule has 0 fully saturated rings. The fourth-order valence-electron chi connectivity index (χ4n) is 2.94. The van der Waals surface area contributed by atoms with Crippen LogP contribution in [0.1, 0.15) is 6.42 Å². The van der Waals surface area contributed by atoms with Gasteiger partial charge in [-0.05, 0) is 36.8 Å². The lowest BCUT2D eigenvalue weighted by Gasteiger charge is -2.26. The van der Waals surface area contributed by atoms with Crippen molar-refractivity contribution in [3.63, 3.8) is 0 Å². The molecular formula is C19H16ClFN4O2. The van der Waals surface area contributed by atoms with Crippen LogP contribution in [0.2, 0.25) is 5.02 Å². The second kappa shape index (κ2) is 7.36. The first-order valence-electron chi connectivity index (χ1n) is 8.50. The monoisotopic (exact) mass is 386 g/mol. The van der Waals surface area contributed by atoms with E-state index in [9.17, 15) is 9.18 Å². The number of hydrogen-bond acceptors (Lipinski definition) is 5. The third-order valence-electron chi connectivity index (χ3n) is 4.24. The standard InChI is InChI=1S/C19H16ClFN4O2/c20-13-10-12(2-3-14(13)21)25-11-17(26)23-7-1-9-27-18-5-4-15-19(24-18)16(25)6-8-22-15/h2-6,8,10H,1,7,9,11H2,(H,23,26). The number of ether oxygens (including phenoxy) is 1. The van der Waals surface area contributed by atoms with Gasteiger partial charge in [-0.2, -0.15) is 0 Å². The van der Waals surface area contributed by atoms with E-state index in [1.54, 1.807) is 29.3 Å². The van der Waals surface area contributed by atoms with Gasteiger partial charge in [0.2, 0.25) is 11.8 Å². The number of carbonyl (C=O) groups excluding carboxylic acids is 1. The highest BCUT2D eigenvalue weighted by Gasteiger charge is 2.19. The zero-order chi connectivity index (χ0) is 18.8. The van der Waals surface area contributed by atoms with Gasteiger partial charge in [0.05, 0.1) is 22.8 Å². The van der Waals surface area contributed by atoms with Crippen LogP contribution in [0, 0.1) is 5.82 Å². The van der Waals surface area contributed by atoms with Crippen LogP contribution in [-0.2, 0) is 4.79 Å². The van der Waals surface area contributed by atoms with Crippen LogP contribution in [0.15, 0.2) is 42.6 Å². The Balaban J connectivity index is 1.90. The van der Waals surface area contributed by atoms with Gasteiger partial charge in [0.15, 0.2) is 0 Å². The lowest BCUT2D eigenvalue weighted by atomic mass is 10.2. The molecule has 3 aromatic rings. The topological polar surface area (TPSA) is 67.4 Å². The van der Waals surface area contributed by atoms with Gasteiger partial charge in [0.1, 0.15) is 17.9 Å². The minimum absolute atomic E-state index is 0.0191. The third kappa shape index (κ3) is 3.64. The first-order chi connectivity index (χ1) is 13.1. The summed E-state index contributed by atoms with van der Waals surface area (Å²) >= 11 is 5.97. The van der Waals surface area contributed by atoms with Crippen molar-refractivity contribution in [3.05, 3.63) is 53.4 Å². The quantitative estimate of drug-likeness (QED) is 0.693. The van der Waals surface area contributed by atoms with E-state index < -0.39 is 5.82 Å². The zero-order valence-corrected chi connectivity index (χ0v) is 15.0. The van der Waals surface area contributed by atoms with Crippen molar-refractivity contribution < 1.29 is 13.9 Å². The summed E-state index contributed by atoms with van der Waals surface area (Å²) in [6, 6.07) is 9.69. The summed E-state index contributed by atoms with van der Waals surface area (Å²) in [6.45, 7) is 0.974. The number of hydrogen-bond donors (Lipinski definition) is 1. The van der Waals surface area contributed by atoms with E-state index in [-0.39, 0.29) is 17.5 Å². The fraction of sp³-hybridized carbons (Fsp3) is 0.211. The van der Waals surface area contributed by atoms with Crippen molar-refractivity contribution in [1.29, 1.82) is 0 Å². The Bertz CT molecular complexity index is 1010. The van der Waals surface area contributed by atoms with E-state index in [1.165, 1.54) is 12.1 Å². The number of rotatable bonds is 1. The molecule has 2 aromatic heterocycles. The fourth-order valence-corrected chi connectivity index (χ4v) is 3.11. The zero-order valence-electron chi connectivity index (χ0n) is 14.3. The molecule has 0 spiro atoms. The highest BCUT2D eigenvalue weighted by Crippen LogP contribution is 2.33. The summed E-state index contributed by atoms with van der Waals surface area (Å²) < 4.78 is 19.3. The second-order valence-electron chi connectivity index (χ2n) is 6.08. The van der Waals surface area contributed by atoms with E-state index in [4.69, 9.17) is 16.3 Å². The summed E-state index contributed by atoms with van der Waals surface area (Å²) in [6.07, 6.45) is 2.30. The van der Waals surface area contributed by atoms with Crippen molar-refractivity contribution in [2.45, 2.75) is 6.42 Å². The Morgan fingerprint density at radius 3 is 2.96 bits per heavy atom. The maximum absolute atomic E-state index is 13.6. The molecule has 0 aliphatic carbocycles. The van der Waals surface area contributed by atoms with Crippen molar-refractivity contribution in [2.24, 2.45) is 0 Å². The Hall–Kier alpha value is -2.93. The molecule has 6 nitrogen and oxygen atoms in total. The van der Waals surface area contributed by atoms with Gasteiger partial charge in [0.25, 0.3) is 0 Å². The molecule has 0 saturated heterocycles. The molecule has 2 bridgehead atoms. The molecule has 0 saturated carbocycles. The molecule has 1 N–H and O–H groups in total. The summed E-state index contributed by atoms with van der Waals surface area (Å²) in [5.74, 6) is -0.203. The van der Waals surface area contributed by atoms with Gasteiger partial charge in [-0.1, -0.05) is 11.6 Å². The third-order valence-corrected chi connectivity index (χ3v) is 4.53. The first-order valence-corrected chi connectivity index (χ1v) is 8.87. The largest absolute Gasteiger partial charge is 0.478 e. The maximum Gasteiger partial charge on any atom is 0.239 e. The van der Waals surface area contributed by atoms with Crippen LogP contribution >= 0.6 is 11.6 Å². The molecular weight excluding hydrogens is 371 g/mol. The van der Waals surface area contributed by atoms with E-state index in [0.717, 1.165) is 0 Å². The number of anilines is 2. The van der Waals surface area contributed by atoms with Gasteiger partial charge in [-0.3, -0.25) is 9.78 Å². The molecule has 0 radical (unpaired) electrons. The lowest BCUT2D eigenvalue weighted by molar-refractivity contribution is -0.119. The minimum atomic E-state index is -0.521. The van der Waals surface area contributed by atoms with Gasteiger partial charge < -0.3 is 15.0 Å². The molecule has 3 heterocycles. The number of halogens is 2. The molecule has 1 amide bonds. The predicted octanol–water partition coefficient (Wildman–Crippen LogP) is 3.46. The van der Waals surface area contributed by atoms with Gasteiger partial charge in [-0.15, -0.1) is 0 Å². The van der Waals surface area contributed by atoms with Crippen LogP contribution in [-0.4, -0.2) is 35.6 Å². The molecule has 0 atom stereocenters. The number of pyridine rings is 2. The average Bonchev–Trinajstić information content (AvgIpc) is 2.67. The molecule has 0 unspecified atom stereocenters. The number of benzene rings is 1. The summed E-state index contributed by atoms with van der Waals surface area (Å²) in [4.78, 5) is 23.1. The molecule has 27 heavy (non-hydrogen) atoms. The van der Waals surface area contributed by atoms with Crippen LogP contribution in [0.5, 0.6) is 5.88 Å². The first kappa shape index (κ1) is 17.5. The van der Waals surface area contributed by atoms with Gasteiger partial charge >= 0.3 is 0 Å². The second-order valence-corrected chi connectivity index (χ2v) is 6.49. The summed E-state index contributed by atoms with van der Waals surface area (Å²) in [5, 5.41) is 2.84. The highest BCUT2D eigenvalue weighted by atomic mass is 35.5. The Labute approximate surface area is 159 Å². The lowest BCUT2D eigenvalue weighted by Crippen LogP contribution is -2.36. The van der Waals surface area contributed by atoms with Crippen LogP contribution < -0.4 is 15.0 Å². The summed E-state index contributed by atoms with van der Waals surface area (Å²) in [7, 11) is 0. The number of fused-ring (bicyclic) bond motifs is 1. The SMILES string of the molecule is O=C1CN(c2ccc(F)c(Cl)c2)c2ccnc3ccc(nc23)OCCCN1. The number of amides is 1. The van der Waals surface area contributed by atoms with Crippen LogP contribution in [0.4, 0.5) is 15.8 Å². The Morgan fingerprint density at radius 1 is 1.22 bits per heavy atom. The average molecular weight is 387 g/mol. The Morgan fingerprint density at radius 2 is 2.11 bits per heavy atom. The molecule has 8 heteroatoms. The molecule has 1 aliphatic rings. The molecule has 1 aromatic carbocycles. The number of nitrogens with zero attached hydrogens (tertiary/aromatic N) is 3. The van der Waals surface area contributed by atoms with Crippen molar-refractivity contribution >= 4 is 39.9 Å². The number of carbonyl (C=O) groups is 1. The van der Waals surface area contributed by atoms with Gasteiger partial charge in [-0.25, -0.2) is 9.37 Å². The Kier molecular flexibility index (Phi) is 4.77. The number of nitrogens with one attached hydrogen (secondary N) is 1. The molecule has 4 rings (SSSR count). The van der Waals surface area contributed by atoms with Crippen LogP contribution in [0.25, 0.3) is 11.0 Å². The smallest absolute Gasteiger partial charge is 0.239 e. The molecule has 138 valence electrons. The summed E-state index contributed by atoms with van der Waals surface area (Å²) in [5.41, 5.74) is 2.48. The number of aromatic nitrogens is 2. The van der Waals surface area contributed by atoms with E-state index in [2.05, 4.69) is 15.3 Å². The van der Waals surface area contributed by atoms with Crippen molar-refractivity contribution in [1.82, 2.24) is 15.3 Å². The van der Waals surface area contributed by atoms with Crippen molar-refractivity contribution in [3.8, 4) is 5.88 Å². The van der Waals surface area contributed by atoms with E-state index in [1.807, 2.05) is 6.07 Å². The van der Waals surface area contributed by atoms with E-state index in [0.29, 0.717) is 47.9 Å². The normalized spacial score (nSPS) is 15.0.